The monoisotopic (exact) mass is 405 g/mol. The molecule has 168 valence electrons. The molecule has 0 heterocycles. The molecule has 0 spiro atoms. The van der Waals surface area contributed by atoms with Crippen LogP contribution >= 0.6 is 0 Å². The molecule has 3 N–H and O–H groups in total. The van der Waals surface area contributed by atoms with Crippen molar-refractivity contribution >= 4 is 0 Å². The van der Waals surface area contributed by atoms with E-state index in [1.54, 1.807) is 5.57 Å². The summed E-state index contributed by atoms with van der Waals surface area (Å²) in [5.74, 6) is 1.87. The lowest BCUT2D eigenvalue weighted by atomic mass is 9.88. The summed E-state index contributed by atoms with van der Waals surface area (Å²) in [6.45, 7) is 8.95. The van der Waals surface area contributed by atoms with Crippen molar-refractivity contribution in [3.8, 4) is 0 Å². The maximum atomic E-state index is 10.5. The molecule has 0 aliphatic heterocycles. The van der Waals surface area contributed by atoms with E-state index in [4.69, 9.17) is 0 Å². The largest absolute Gasteiger partial charge is 0.392 e. The van der Waals surface area contributed by atoms with Crippen molar-refractivity contribution in [1.82, 2.24) is 5.32 Å². The van der Waals surface area contributed by atoms with Gasteiger partial charge in [0.15, 0.2) is 0 Å². The van der Waals surface area contributed by atoms with E-state index in [9.17, 15) is 10.2 Å². The molecule has 29 heavy (non-hydrogen) atoms. The van der Waals surface area contributed by atoms with Gasteiger partial charge in [0.05, 0.1) is 12.2 Å². The highest BCUT2D eigenvalue weighted by Crippen LogP contribution is 2.48. The zero-order valence-corrected chi connectivity index (χ0v) is 19.3. The molecule has 0 radical (unpaired) electrons. The average Bonchev–Trinajstić information content (AvgIpc) is 3.20. The topological polar surface area (TPSA) is 52.5 Å². The van der Waals surface area contributed by atoms with Gasteiger partial charge in [-0.15, -0.1) is 0 Å². The molecule has 0 unspecified atom stereocenters. The molecule has 1 fully saturated rings. The Bertz CT molecular complexity index is 501. The van der Waals surface area contributed by atoms with E-state index < -0.39 is 0 Å². The number of hydrogen-bond acceptors (Lipinski definition) is 3. The summed E-state index contributed by atoms with van der Waals surface area (Å²) in [6, 6.07) is 0. The maximum Gasteiger partial charge on any atom is 0.0723 e. The van der Waals surface area contributed by atoms with Gasteiger partial charge in [-0.05, 0) is 75.8 Å². The Labute approximate surface area is 180 Å². The van der Waals surface area contributed by atoms with Gasteiger partial charge < -0.3 is 15.5 Å². The Hall–Kier alpha value is -0.640. The Balaban J connectivity index is 1.71. The summed E-state index contributed by atoms with van der Waals surface area (Å²) in [7, 11) is 0. The first-order valence-corrected chi connectivity index (χ1v) is 12.5. The minimum atomic E-state index is -0.372. The van der Waals surface area contributed by atoms with Gasteiger partial charge in [-0.25, -0.2) is 0 Å². The highest BCUT2D eigenvalue weighted by atomic mass is 16.3. The van der Waals surface area contributed by atoms with E-state index in [2.05, 4.69) is 38.2 Å². The van der Waals surface area contributed by atoms with Crippen molar-refractivity contribution in [2.75, 3.05) is 13.1 Å². The molecule has 2 rings (SSSR count). The summed E-state index contributed by atoms with van der Waals surface area (Å²) in [4.78, 5) is 0. The molecule has 0 aromatic carbocycles. The van der Waals surface area contributed by atoms with E-state index in [1.807, 2.05) is 6.08 Å². The number of unbranched alkanes of at least 4 members (excludes halogenated alkanes) is 3. The molecule has 3 heteroatoms. The molecule has 0 bridgehead atoms. The molecule has 2 aliphatic carbocycles. The van der Waals surface area contributed by atoms with Crippen LogP contribution in [0, 0.1) is 23.7 Å². The second-order valence-electron chi connectivity index (χ2n) is 9.73. The Morgan fingerprint density at radius 1 is 1.14 bits per heavy atom. The highest BCUT2D eigenvalue weighted by molar-refractivity contribution is 5.21. The van der Waals surface area contributed by atoms with Crippen LogP contribution in [0.1, 0.15) is 91.4 Å². The fraction of sp³-hybridized carbons (Fsp3) is 0.846. The minimum Gasteiger partial charge on any atom is -0.392 e. The van der Waals surface area contributed by atoms with Crippen LogP contribution in [-0.4, -0.2) is 35.5 Å². The Morgan fingerprint density at radius 2 is 1.97 bits per heavy atom. The first-order chi connectivity index (χ1) is 14.0. The summed E-state index contributed by atoms with van der Waals surface area (Å²) in [6.07, 6.45) is 18.8. The normalized spacial score (nSPS) is 28.7. The van der Waals surface area contributed by atoms with E-state index in [-0.39, 0.29) is 18.1 Å². The van der Waals surface area contributed by atoms with Crippen molar-refractivity contribution in [3.63, 3.8) is 0 Å². The van der Waals surface area contributed by atoms with E-state index in [1.165, 1.54) is 51.4 Å². The lowest BCUT2D eigenvalue weighted by Gasteiger charge is -2.19. The molecule has 0 aromatic heterocycles. The molecule has 0 amide bonds. The zero-order valence-electron chi connectivity index (χ0n) is 19.3. The third-order valence-electron chi connectivity index (χ3n) is 6.98. The number of nitrogens with one attached hydrogen (secondary N) is 1. The standard InChI is InChI=1S/C26H47NO2/c1-4-6-10-20(3)16-23(28)12-13-24-25-18-21(17-22(25)19-26(24)29)11-8-7-9-15-27-14-5-2/h12-13,17,20,22-29H,4-11,14-16,18-19H2,1-3H3/b13-12+/t20-,22-,23+,24+,25-,26+/m0/s1. The molecule has 1 saturated carbocycles. The first kappa shape index (κ1) is 24.6. The maximum absolute atomic E-state index is 10.5. The smallest absolute Gasteiger partial charge is 0.0723 e. The summed E-state index contributed by atoms with van der Waals surface area (Å²) >= 11 is 0. The first-order valence-electron chi connectivity index (χ1n) is 12.5. The van der Waals surface area contributed by atoms with Crippen molar-refractivity contribution in [1.29, 1.82) is 0 Å². The summed E-state index contributed by atoms with van der Waals surface area (Å²) in [5, 5.41) is 24.4. The van der Waals surface area contributed by atoms with Gasteiger partial charge in [-0.3, -0.25) is 0 Å². The van der Waals surface area contributed by atoms with Crippen LogP contribution in [0.25, 0.3) is 0 Å². The summed E-state index contributed by atoms with van der Waals surface area (Å²) in [5.41, 5.74) is 1.61. The second kappa shape index (κ2) is 13.6. The van der Waals surface area contributed by atoms with Gasteiger partial charge in [0.25, 0.3) is 0 Å². The van der Waals surface area contributed by atoms with Crippen LogP contribution in [-0.2, 0) is 0 Å². The van der Waals surface area contributed by atoms with Gasteiger partial charge in [0.1, 0.15) is 0 Å². The van der Waals surface area contributed by atoms with E-state index in [0.29, 0.717) is 17.8 Å². The molecule has 6 atom stereocenters. The quantitative estimate of drug-likeness (QED) is 0.245. The number of fused-ring (bicyclic) bond motifs is 1. The molecular weight excluding hydrogens is 358 g/mol. The third-order valence-corrected chi connectivity index (χ3v) is 6.98. The van der Waals surface area contributed by atoms with Crippen molar-refractivity contribution in [2.45, 2.75) is 104 Å². The predicted molar refractivity (Wildman–Crippen MR) is 124 cm³/mol. The third kappa shape index (κ3) is 8.55. The fourth-order valence-electron chi connectivity index (χ4n) is 5.29. The van der Waals surface area contributed by atoms with Gasteiger partial charge in [-0.1, -0.05) is 70.3 Å². The fourth-order valence-corrected chi connectivity index (χ4v) is 5.29. The van der Waals surface area contributed by atoms with Crippen LogP contribution in [0.5, 0.6) is 0 Å². The van der Waals surface area contributed by atoms with E-state index in [0.717, 1.165) is 32.4 Å². The van der Waals surface area contributed by atoms with Crippen molar-refractivity contribution < 1.29 is 10.2 Å². The molecule has 2 aliphatic rings. The highest BCUT2D eigenvalue weighted by Gasteiger charge is 2.43. The number of allylic oxidation sites excluding steroid dienone is 2. The van der Waals surface area contributed by atoms with Crippen LogP contribution in [0.2, 0.25) is 0 Å². The molecule has 0 aromatic rings. The van der Waals surface area contributed by atoms with Gasteiger partial charge >= 0.3 is 0 Å². The van der Waals surface area contributed by atoms with Crippen LogP contribution in [0.4, 0.5) is 0 Å². The minimum absolute atomic E-state index is 0.215. The van der Waals surface area contributed by atoms with E-state index >= 15 is 0 Å². The molecular formula is C26H47NO2. The van der Waals surface area contributed by atoms with Gasteiger partial charge in [-0.2, -0.15) is 0 Å². The van der Waals surface area contributed by atoms with Crippen LogP contribution in [0.15, 0.2) is 23.8 Å². The zero-order chi connectivity index (χ0) is 21.1. The van der Waals surface area contributed by atoms with Crippen molar-refractivity contribution in [3.05, 3.63) is 23.8 Å². The lowest BCUT2D eigenvalue weighted by Crippen LogP contribution is -2.18. The Morgan fingerprint density at radius 3 is 2.72 bits per heavy atom. The predicted octanol–water partition coefficient (Wildman–Crippen LogP) is 5.62. The number of aliphatic hydroxyl groups is 2. The van der Waals surface area contributed by atoms with Crippen LogP contribution in [0.3, 0.4) is 0 Å². The average molecular weight is 406 g/mol. The Kier molecular flexibility index (Phi) is 11.6. The van der Waals surface area contributed by atoms with Crippen LogP contribution < -0.4 is 5.32 Å². The second-order valence-corrected chi connectivity index (χ2v) is 9.73. The molecule has 3 nitrogen and oxygen atoms in total. The number of rotatable bonds is 15. The van der Waals surface area contributed by atoms with Gasteiger partial charge in [0.2, 0.25) is 0 Å². The van der Waals surface area contributed by atoms with Crippen molar-refractivity contribution in [2.24, 2.45) is 23.7 Å². The number of aliphatic hydroxyl groups excluding tert-OH is 2. The number of hydrogen-bond donors (Lipinski definition) is 3. The molecule has 0 saturated heterocycles. The lowest BCUT2D eigenvalue weighted by molar-refractivity contribution is 0.139. The summed E-state index contributed by atoms with van der Waals surface area (Å²) < 4.78 is 0. The van der Waals surface area contributed by atoms with Gasteiger partial charge in [0, 0.05) is 5.92 Å². The SMILES string of the molecule is CCCC[C@H](C)C[C@H](O)/C=C/[C@@H]1[C@H]2CC(CCCCCNCCC)=C[C@H]2C[C@H]1O.